The van der Waals surface area contributed by atoms with E-state index in [2.05, 4.69) is 5.32 Å². The molecule has 0 heterocycles. The average molecular weight is 326 g/mol. The quantitative estimate of drug-likeness (QED) is 0.888. The molecular weight excluding hydrogens is 304 g/mol. The molecule has 5 nitrogen and oxygen atoms in total. The molecular formula is C19H22N2O3. The third-order valence-corrected chi connectivity index (χ3v) is 3.67. The number of benzene rings is 2. The van der Waals surface area contributed by atoms with Gasteiger partial charge in [0.15, 0.2) is 0 Å². The van der Waals surface area contributed by atoms with Crippen molar-refractivity contribution in [3.63, 3.8) is 0 Å². The molecule has 0 atom stereocenters. The minimum absolute atomic E-state index is 0.0126. The molecule has 0 saturated carbocycles. The Labute approximate surface area is 142 Å². The second-order valence-electron chi connectivity index (χ2n) is 5.60. The average Bonchev–Trinajstić information content (AvgIpc) is 2.56. The predicted molar refractivity (Wildman–Crippen MR) is 93.9 cm³/mol. The van der Waals surface area contributed by atoms with E-state index in [-0.39, 0.29) is 18.4 Å². The summed E-state index contributed by atoms with van der Waals surface area (Å²) in [6.45, 7) is 3.74. The molecule has 0 spiro atoms. The fraction of sp³-hybridized carbons (Fsp3) is 0.263. The number of hydrogen-bond acceptors (Lipinski definition) is 3. The van der Waals surface area contributed by atoms with Crippen LogP contribution in [0.1, 0.15) is 18.1 Å². The first-order chi connectivity index (χ1) is 11.5. The Kier molecular flexibility index (Phi) is 5.95. The SMILES string of the molecule is COc1ccccc1CN(CC(=O)Nc1ccc(C)cc1)C(C)=O. The molecule has 5 heteroatoms. The van der Waals surface area contributed by atoms with E-state index in [4.69, 9.17) is 4.74 Å². The summed E-state index contributed by atoms with van der Waals surface area (Å²) >= 11 is 0. The second kappa shape index (κ2) is 8.15. The predicted octanol–water partition coefficient (Wildman–Crippen LogP) is 2.99. The Morgan fingerprint density at radius 2 is 1.75 bits per heavy atom. The molecule has 0 saturated heterocycles. The molecule has 0 fully saturated rings. The van der Waals surface area contributed by atoms with Crippen LogP contribution in [0.25, 0.3) is 0 Å². The van der Waals surface area contributed by atoms with E-state index in [1.54, 1.807) is 7.11 Å². The topological polar surface area (TPSA) is 58.6 Å². The number of nitrogens with one attached hydrogen (secondary N) is 1. The number of amides is 2. The van der Waals surface area contributed by atoms with Crippen LogP contribution >= 0.6 is 0 Å². The van der Waals surface area contributed by atoms with E-state index in [1.165, 1.54) is 11.8 Å². The zero-order chi connectivity index (χ0) is 17.5. The number of rotatable bonds is 6. The highest BCUT2D eigenvalue weighted by atomic mass is 16.5. The Balaban J connectivity index is 2.04. The monoisotopic (exact) mass is 326 g/mol. The van der Waals surface area contributed by atoms with E-state index in [0.29, 0.717) is 18.0 Å². The molecule has 0 aliphatic carbocycles. The number of aryl methyl sites for hydroxylation is 1. The molecule has 0 aliphatic heterocycles. The summed E-state index contributed by atoms with van der Waals surface area (Å²) in [4.78, 5) is 25.6. The Bertz CT molecular complexity index is 711. The van der Waals surface area contributed by atoms with E-state index in [0.717, 1.165) is 11.1 Å². The van der Waals surface area contributed by atoms with E-state index in [9.17, 15) is 9.59 Å². The highest BCUT2D eigenvalue weighted by Gasteiger charge is 2.16. The molecule has 2 rings (SSSR count). The van der Waals surface area contributed by atoms with Gasteiger partial charge in [0.25, 0.3) is 0 Å². The van der Waals surface area contributed by atoms with Crippen LogP contribution in [0.4, 0.5) is 5.69 Å². The highest BCUT2D eigenvalue weighted by Crippen LogP contribution is 2.19. The molecule has 2 aromatic rings. The standard InChI is InChI=1S/C19H22N2O3/c1-14-8-10-17(11-9-14)20-19(23)13-21(15(2)22)12-16-6-4-5-7-18(16)24-3/h4-11H,12-13H2,1-3H3,(H,20,23). The lowest BCUT2D eigenvalue weighted by Crippen LogP contribution is -2.36. The lowest BCUT2D eigenvalue weighted by atomic mass is 10.2. The Morgan fingerprint density at radius 3 is 2.38 bits per heavy atom. The van der Waals surface area contributed by atoms with Gasteiger partial charge in [-0.05, 0) is 25.1 Å². The van der Waals surface area contributed by atoms with E-state index in [1.807, 2.05) is 55.5 Å². The summed E-state index contributed by atoms with van der Waals surface area (Å²) in [6, 6.07) is 15.0. The van der Waals surface area contributed by atoms with Crippen molar-refractivity contribution in [2.75, 3.05) is 19.0 Å². The van der Waals surface area contributed by atoms with Crippen LogP contribution in [0, 0.1) is 6.92 Å². The van der Waals surface area contributed by atoms with Crippen LogP contribution < -0.4 is 10.1 Å². The third-order valence-electron chi connectivity index (χ3n) is 3.67. The zero-order valence-corrected chi connectivity index (χ0v) is 14.2. The van der Waals surface area contributed by atoms with Crippen LogP contribution in [0.2, 0.25) is 0 Å². The summed E-state index contributed by atoms with van der Waals surface area (Å²) in [5.41, 5.74) is 2.69. The number of methoxy groups -OCH3 is 1. The van der Waals surface area contributed by atoms with Crippen molar-refractivity contribution in [2.24, 2.45) is 0 Å². The minimum atomic E-state index is -0.232. The zero-order valence-electron chi connectivity index (χ0n) is 14.2. The van der Waals surface area contributed by atoms with Crippen molar-refractivity contribution < 1.29 is 14.3 Å². The lowest BCUT2D eigenvalue weighted by molar-refractivity contribution is -0.133. The summed E-state index contributed by atoms with van der Waals surface area (Å²) < 4.78 is 5.30. The first-order valence-electron chi connectivity index (χ1n) is 7.73. The molecule has 24 heavy (non-hydrogen) atoms. The van der Waals surface area contributed by atoms with Gasteiger partial charge < -0.3 is 15.0 Å². The molecule has 1 N–H and O–H groups in total. The van der Waals surface area contributed by atoms with Gasteiger partial charge in [-0.3, -0.25) is 9.59 Å². The Hall–Kier alpha value is -2.82. The van der Waals surface area contributed by atoms with Gasteiger partial charge in [0.2, 0.25) is 11.8 Å². The number of ether oxygens (including phenoxy) is 1. The fourth-order valence-electron chi connectivity index (χ4n) is 2.33. The van der Waals surface area contributed by atoms with Crippen molar-refractivity contribution in [1.82, 2.24) is 4.90 Å². The molecule has 126 valence electrons. The van der Waals surface area contributed by atoms with Gasteiger partial charge >= 0.3 is 0 Å². The molecule has 0 aromatic heterocycles. The second-order valence-corrected chi connectivity index (χ2v) is 5.60. The molecule has 2 amide bonds. The van der Waals surface area contributed by atoms with Gasteiger partial charge in [0, 0.05) is 24.7 Å². The molecule has 2 aromatic carbocycles. The van der Waals surface area contributed by atoms with E-state index < -0.39 is 0 Å². The molecule has 0 radical (unpaired) electrons. The maximum atomic E-state index is 12.2. The van der Waals surface area contributed by atoms with Gasteiger partial charge in [-0.2, -0.15) is 0 Å². The number of para-hydroxylation sites is 1. The summed E-state index contributed by atoms with van der Waals surface area (Å²) in [5.74, 6) is 0.298. The maximum Gasteiger partial charge on any atom is 0.244 e. The van der Waals surface area contributed by atoms with Crippen LogP contribution in [0.15, 0.2) is 48.5 Å². The number of anilines is 1. The van der Waals surface area contributed by atoms with Crippen LogP contribution in [-0.2, 0) is 16.1 Å². The highest BCUT2D eigenvalue weighted by molar-refractivity contribution is 5.94. The Morgan fingerprint density at radius 1 is 1.08 bits per heavy atom. The number of nitrogens with zero attached hydrogens (tertiary/aromatic N) is 1. The molecule has 0 unspecified atom stereocenters. The van der Waals surface area contributed by atoms with Gasteiger partial charge in [-0.1, -0.05) is 35.9 Å². The summed E-state index contributed by atoms with van der Waals surface area (Å²) in [6.07, 6.45) is 0. The molecule has 0 bridgehead atoms. The maximum absolute atomic E-state index is 12.2. The van der Waals surface area contributed by atoms with Crippen LogP contribution in [0.5, 0.6) is 5.75 Å². The first kappa shape index (κ1) is 17.5. The van der Waals surface area contributed by atoms with Crippen molar-refractivity contribution >= 4 is 17.5 Å². The van der Waals surface area contributed by atoms with E-state index >= 15 is 0 Å². The fourth-order valence-corrected chi connectivity index (χ4v) is 2.33. The van der Waals surface area contributed by atoms with Gasteiger partial charge in [0.1, 0.15) is 12.3 Å². The van der Waals surface area contributed by atoms with Gasteiger partial charge in [-0.15, -0.1) is 0 Å². The van der Waals surface area contributed by atoms with Crippen LogP contribution in [-0.4, -0.2) is 30.4 Å². The third kappa shape index (κ3) is 4.84. The summed E-state index contributed by atoms with van der Waals surface area (Å²) in [5, 5.41) is 2.80. The van der Waals surface area contributed by atoms with Crippen LogP contribution in [0.3, 0.4) is 0 Å². The number of carbonyl (C=O) groups excluding carboxylic acids is 2. The lowest BCUT2D eigenvalue weighted by Gasteiger charge is -2.21. The largest absolute Gasteiger partial charge is 0.496 e. The summed E-state index contributed by atoms with van der Waals surface area (Å²) in [7, 11) is 1.58. The first-order valence-corrected chi connectivity index (χ1v) is 7.73. The van der Waals surface area contributed by atoms with Gasteiger partial charge in [0.05, 0.1) is 7.11 Å². The van der Waals surface area contributed by atoms with Gasteiger partial charge in [-0.25, -0.2) is 0 Å². The smallest absolute Gasteiger partial charge is 0.244 e. The minimum Gasteiger partial charge on any atom is -0.496 e. The molecule has 0 aliphatic rings. The van der Waals surface area contributed by atoms with Crippen molar-refractivity contribution in [3.05, 3.63) is 59.7 Å². The number of hydrogen-bond donors (Lipinski definition) is 1. The normalized spacial score (nSPS) is 10.1. The number of carbonyl (C=O) groups is 2. The van der Waals surface area contributed by atoms with Crippen molar-refractivity contribution in [2.45, 2.75) is 20.4 Å². The van der Waals surface area contributed by atoms with Crippen molar-refractivity contribution in [3.8, 4) is 5.75 Å². The van der Waals surface area contributed by atoms with Crippen molar-refractivity contribution in [1.29, 1.82) is 0 Å².